The first-order valence-electron chi connectivity index (χ1n) is 8.28. The van der Waals surface area contributed by atoms with Crippen molar-refractivity contribution >= 4 is 5.69 Å². The molecule has 0 fully saturated rings. The van der Waals surface area contributed by atoms with Gasteiger partial charge in [-0.2, -0.15) is 5.10 Å². The lowest BCUT2D eigenvalue weighted by atomic mass is 10.1. The smallest absolute Gasteiger partial charge is 0.247 e. The summed E-state index contributed by atoms with van der Waals surface area (Å²) in [7, 11) is 0. The molecule has 4 aromatic rings. The van der Waals surface area contributed by atoms with Gasteiger partial charge in [0.05, 0.1) is 5.69 Å². The van der Waals surface area contributed by atoms with E-state index in [0.717, 1.165) is 22.5 Å². The fourth-order valence-electron chi connectivity index (χ4n) is 2.80. The van der Waals surface area contributed by atoms with Crippen molar-refractivity contribution < 1.29 is 4.42 Å². The molecule has 0 aliphatic heterocycles. The lowest BCUT2D eigenvalue weighted by Crippen LogP contribution is -2.02. The molecule has 0 saturated carbocycles. The average molecular weight is 346 g/mol. The second-order valence-electron chi connectivity index (χ2n) is 6.02. The normalized spacial score (nSPS) is 10.8. The summed E-state index contributed by atoms with van der Waals surface area (Å²) in [6.45, 7) is 4.56. The van der Waals surface area contributed by atoms with Crippen LogP contribution in [0.2, 0.25) is 0 Å². The minimum absolute atomic E-state index is 0.527. The SMILES string of the molecule is Cc1nnc(-c2cccc(NCc3ccc(-n4cncn4)c(C)c3)c2)o1. The van der Waals surface area contributed by atoms with Crippen molar-refractivity contribution in [2.45, 2.75) is 20.4 Å². The fourth-order valence-corrected chi connectivity index (χ4v) is 2.80. The van der Waals surface area contributed by atoms with E-state index in [4.69, 9.17) is 4.42 Å². The summed E-state index contributed by atoms with van der Waals surface area (Å²) < 4.78 is 7.25. The Kier molecular flexibility index (Phi) is 4.18. The van der Waals surface area contributed by atoms with Crippen LogP contribution >= 0.6 is 0 Å². The summed E-state index contributed by atoms with van der Waals surface area (Å²) in [4.78, 5) is 4.00. The molecule has 0 amide bonds. The van der Waals surface area contributed by atoms with Gasteiger partial charge in [0, 0.05) is 24.7 Å². The molecular formula is C19H18N6O. The Morgan fingerprint density at radius 3 is 2.73 bits per heavy atom. The standard InChI is InChI=1S/C19H18N6O/c1-13-8-15(6-7-18(13)25-12-20-11-22-25)10-21-17-5-3-4-16(9-17)19-24-23-14(2)26-19/h3-9,11-12,21H,10H2,1-2H3. The van der Waals surface area contributed by atoms with Crippen LogP contribution in [-0.4, -0.2) is 25.0 Å². The second-order valence-corrected chi connectivity index (χ2v) is 6.02. The predicted molar refractivity (Wildman–Crippen MR) is 97.9 cm³/mol. The predicted octanol–water partition coefficient (Wildman–Crippen LogP) is 3.55. The molecule has 7 nitrogen and oxygen atoms in total. The van der Waals surface area contributed by atoms with Crippen molar-refractivity contribution in [3.8, 4) is 17.1 Å². The summed E-state index contributed by atoms with van der Waals surface area (Å²) in [5, 5.41) is 15.6. The van der Waals surface area contributed by atoms with Crippen LogP contribution in [0.4, 0.5) is 5.69 Å². The molecule has 2 aromatic heterocycles. The Balaban J connectivity index is 1.48. The number of aromatic nitrogens is 5. The van der Waals surface area contributed by atoms with Gasteiger partial charge in [-0.05, 0) is 42.3 Å². The van der Waals surface area contributed by atoms with Gasteiger partial charge in [0.25, 0.3) is 0 Å². The summed E-state index contributed by atoms with van der Waals surface area (Å²) >= 11 is 0. The van der Waals surface area contributed by atoms with Crippen LogP contribution in [0.5, 0.6) is 0 Å². The molecule has 0 spiro atoms. The largest absolute Gasteiger partial charge is 0.421 e. The third-order valence-electron chi connectivity index (χ3n) is 4.06. The summed E-state index contributed by atoms with van der Waals surface area (Å²) in [5.41, 5.74) is 5.25. The van der Waals surface area contributed by atoms with E-state index >= 15 is 0 Å². The first kappa shape index (κ1) is 16.0. The zero-order valence-electron chi connectivity index (χ0n) is 14.5. The third kappa shape index (κ3) is 3.32. The van der Waals surface area contributed by atoms with Gasteiger partial charge >= 0.3 is 0 Å². The molecule has 0 bridgehead atoms. The molecule has 0 unspecified atom stereocenters. The van der Waals surface area contributed by atoms with Gasteiger partial charge in [0.1, 0.15) is 12.7 Å². The Hall–Kier alpha value is -3.48. The van der Waals surface area contributed by atoms with Crippen molar-refractivity contribution in [2.24, 2.45) is 0 Å². The average Bonchev–Trinajstić information content (AvgIpc) is 3.32. The summed E-state index contributed by atoms with van der Waals surface area (Å²) in [6, 6.07) is 14.2. The topological polar surface area (TPSA) is 81.7 Å². The highest BCUT2D eigenvalue weighted by molar-refractivity contribution is 5.61. The molecule has 0 aliphatic rings. The van der Waals surface area contributed by atoms with Crippen LogP contribution in [0.15, 0.2) is 59.5 Å². The molecule has 0 aliphatic carbocycles. The van der Waals surface area contributed by atoms with Crippen molar-refractivity contribution in [3.63, 3.8) is 0 Å². The van der Waals surface area contributed by atoms with Crippen LogP contribution < -0.4 is 5.32 Å². The van der Waals surface area contributed by atoms with Crippen LogP contribution in [0, 0.1) is 13.8 Å². The van der Waals surface area contributed by atoms with E-state index in [0.29, 0.717) is 18.3 Å². The van der Waals surface area contributed by atoms with E-state index in [2.05, 4.69) is 50.7 Å². The minimum atomic E-state index is 0.527. The summed E-state index contributed by atoms with van der Waals surface area (Å²) in [6.07, 6.45) is 3.23. The zero-order valence-corrected chi connectivity index (χ0v) is 14.5. The number of rotatable bonds is 5. The van der Waals surface area contributed by atoms with E-state index in [1.54, 1.807) is 17.9 Å². The first-order chi connectivity index (χ1) is 12.7. The monoisotopic (exact) mass is 346 g/mol. The Bertz CT molecular complexity index is 1020. The number of hydrogen-bond acceptors (Lipinski definition) is 6. The van der Waals surface area contributed by atoms with Crippen molar-refractivity contribution in [3.05, 3.63) is 72.1 Å². The molecule has 2 aromatic carbocycles. The van der Waals surface area contributed by atoms with Gasteiger partial charge < -0.3 is 9.73 Å². The van der Waals surface area contributed by atoms with E-state index in [-0.39, 0.29) is 0 Å². The lowest BCUT2D eigenvalue weighted by molar-refractivity contribution is 0.533. The van der Waals surface area contributed by atoms with E-state index in [1.165, 1.54) is 11.9 Å². The lowest BCUT2D eigenvalue weighted by Gasteiger charge is -2.10. The maximum Gasteiger partial charge on any atom is 0.247 e. The minimum Gasteiger partial charge on any atom is -0.421 e. The third-order valence-corrected chi connectivity index (χ3v) is 4.06. The second kappa shape index (κ2) is 6.79. The number of anilines is 1. The molecule has 26 heavy (non-hydrogen) atoms. The highest BCUT2D eigenvalue weighted by Gasteiger charge is 2.07. The molecule has 2 heterocycles. The van der Waals surface area contributed by atoms with E-state index in [1.807, 2.05) is 24.3 Å². The number of hydrogen-bond donors (Lipinski definition) is 1. The summed E-state index contributed by atoms with van der Waals surface area (Å²) in [5.74, 6) is 1.08. The molecule has 0 saturated heterocycles. The Morgan fingerprint density at radius 1 is 1.08 bits per heavy atom. The zero-order chi connectivity index (χ0) is 17.9. The molecule has 130 valence electrons. The molecular weight excluding hydrogens is 328 g/mol. The molecule has 7 heteroatoms. The first-order valence-corrected chi connectivity index (χ1v) is 8.28. The van der Waals surface area contributed by atoms with Crippen molar-refractivity contribution in [1.29, 1.82) is 0 Å². The van der Waals surface area contributed by atoms with Gasteiger partial charge in [0.15, 0.2) is 0 Å². The Labute approximate surface area is 150 Å². The van der Waals surface area contributed by atoms with Crippen LogP contribution in [0.3, 0.4) is 0 Å². The van der Waals surface area contributed by atoms with Gasteiger partial charge in [-0.25, -0.2) is 9.67 Å². The van der Waals surface area contributed by atoms with Crippen LogP contribution in [0.1, 0.15) is 17.0 Å². The fraction of sp³-hybridized carbons (Fsp3) is 0.158. The van der Waals surface area contributed by atoms with Crippen LogP contribution in [0.25, 0.3) is 17.1 Å². The molecule has 0 atom stereocenters. The number of benzene rings is 2. The maximum absolute atomic E-state index is 5.49. The van der Waals surface area contributed by atoms with Gasteiger partial charge in [0.2, 0.25) is 11.8 Å². The molecule has 1 N–H and O–H groups in total. The number of nitrogens with one attached hydrogen (secondary N) is 1. The van der Waals surface area contributed by atoms with Gasteiger partial charge in [-0.1, -0.05) is 18.2 Å². The highest BCUT2D eigenvalue weighted by atomic mass is 16.4. The quantitative estimate of drug-likeness (QED) is 0.595. The van der Waals surface area contributed by atoms with Gasteiger partial charge in [-0.15, -0.1) is 10.2 Å². The van der Waals surface area contributed by atoms with Crippen LogP contribution in [-0.2, 0) is 6.54 Å². The van der Waals surface area contributed by atoms with E-state index in [9.17, 15) is 0 Å². The van der Waals surface area contributed by atoms with Crippen molar-refractivity contribution in [1.82, 2.24) is 25.0 Å². The van der Waals surface area contributed by atoms with Crippen molar-refractivity contribution in [2.75, 3.05) is 5.32 Å². The van der Waals surface area contributed by atoms with E-state index < -0.39 is 0 Å². The van der Waals surface area contributed by atoms with Gasteiger partial charge in [-0.3, -0.25) is 0 Å². The number of aryl methyl sites for hydroxylation is 2. The Morgan fingerprint density at radius 2 is 2.00 bits per heavy atom. The number of nitrogens with zero attached hydrogens (tertiary/aromatic N) is 5. The highest BCUT2D eigenvalue weighted by Crippen LogP contribution is 2.22. The maximum atomic E-state index is 5.49. The molecule has 4 rings (SSSR count). The molecule has 0 radical (unpaired) electrons.